The van der Waals surface area contributed by atoms with E-state index >= 15 is 0 Å². The van der Waals surface area contributed by atoms with Crippen LogP contribution in [0.4, 0.5) is 0 Å². The standard InChI is InChI=1S/C15H14N2O/c1-2-11-17-15(18)14(12-16)10-6-9-13-7-4-3-5-8-13/h2-10H,1,11H2,(H,17,18)/b9-6+,14-10+. The molecule has 0 aliphatic rings. The summed E-state index contributed by atoms with van der Waals surface area (Å²) in [6.07, 6.45) is 6.57. The maximum absolute atomic E-state index is 11.5. The van der Waals surface area contributed by atoms with Gasteiger partial charge < -0.3 is 5.32 Å². The van der Waals surface area contributed by atoms with Crippen LogP contribution in [-0.4, -0.2) is 12.5 Å². The van der Waals surface area contributed by atoms with E-state index in [1.807, 2.05) is 42.5 Å². The lowest BCUT2D eigenvalue weighted by Gasteiger charge is -1.98. The third-order valence-electron chi connectivity index (χ3n) is 2.12. The van der Waals surface area contributed by atoms with Gasteiger partial charge in [0.1, 0.15) is 11.6 Å². The Kier molecular flexibility index (Phi) is 5.71. The van der Waals surface area contributed by atoms with Crippen LogP contribution in [0.15, 0.2) is 60.7 Å². The Balaban J connectivity index is 2.69. The maximum Gasteiger partial charge on any atom is 0.262 e. The minimum Gasteiger partial charge on any atom is -0.348 e. The fourth-order valence-corrected chi connectivity index (χ4v) is 1.24. The number of carbonyl (C=O) groups excluding carboxylic acids is 1. The minimum atomic E-state index is -0.393. The van der Waals surface area contributed by atoms with Gasteiger partial charge in [-0.2, -0.15) is 5.26 Å². The number of allylic oxidation sites excluding steroid dienone is 2. The Hall–Kier alpha value is -2.60. The molecule has 1 rings (SSSR count). The van der Waals surface area contributed by atoms with E-state index in [-0.39, 0.29) is 5.57 Å². The summed E-state index contributed by atoms with van der Waals surface area (Å²) in [6, 6.07) is 11.5. The van der Waals surface area contributed by atoms with Gasteiger partial charge in [-0.05, 0) is 11.6 Å². The maximum atomic E-state index is 11.5. The molecule has 3 heteroatoms. The molecule has 1 aromatic carbocycles. The second kappa shape index (κ2) is 7.64. The fourth-order valence-electron chi connectivity index (χ4n) is 1.24. The molecule has 1 amide bonds. The molecule has 0 bridgehead atoms. The SMILES string of the molecule is C=CCNC(=O)/C(C#N)=C/C=C/c1ccccc1. The van der Waals surface area contributed by atoms with Crippen molar-refractivity contribution in [3.8, 4) is 6.07 Å². The molecule has 0 aliphatic carbocycles. The summed E-state index contributed by atoms with van der Waals surface area (Å²) in [5, 5.41) is 11.4. The van der Waals surface area contributed by atoms with Gasteiger partial charge >= 0.3 is 0 Å². The van der Waals surface area contributed by atoms with Crippen LogP contribution in [0, 0.1) is 11.3 Å². The third-order valence-corrected chi connectivity index (χ3v) is 2.12. The Bertz CT molecular complexity index is 507. The first-order valence-corrected chi connectivity index (χ1v) is 5.50. The minimum absolute atomic E-state index is 0.0732. The van der Waals surface area contributed by atoms with E-state index in [2.05, 4.69) is 11.9 Å². The fraction of sp³-hybridized carbons (Fsp3) is 0.0667. The number of hydrogen-bond acceptors (Lipinski definition) is 2. The highest BCUT2D eigenvalue weighted by atomic mass is 16.1. The Labute approximate surface area is 107 Å². The summed E-state index contributed by atoms with van der Waals surface area (Å²) in [4.78, 5) is 11.5. The number of nitrogens with one attached hydrogen (secondary N) is 1. The van der Waals surface area contributed by atoms with Gasteiger partial charge in [-0.15, -0.1) is 6.58 Å². The predicted octanol–water partition coefficient (Wildman–Crippen LogP) is 2.45. The largest absolute Gasteiger partial charge is 0.348 e. The van der Waals surface area contributed by atoms with Crippen LogP contribution in [0.2, 0.25) is 0 Å². The van der Waals surface area contributed by atoms with Gasteiger partial charge in [-0.1, -0.05) is 48.6 Å². The number of benzene rings is 1. The van der Waals surface area contributed by atoms with Gasteiger partial charge in [-0.3, -0.25) is 4.79 Å². The molecule has 0 spiro atoms. The lowest BCUT2D eigenvalue weighted by Crippen LogP contribution is -2.24. The van der Waals surface area contributed by atoms with E-state index in [1.54, 1.807) is 12.2 Å². The Morgan fingerprint density at radius 1 is 1.39 bits per heavy atom. The first-order valence-electron chi connectivity index (χ1n) is 5.50. The molecule has 18 heavy (non-hydrogen) atoms. The van der Waals surface area contributed by atoms with Crippen molar-refractivity contribution in [1.82, 2.24) is 5.32 Å². The average molecular weight is 238 g/mol. The monoisotopic (exact) mass is 238 g/mol. The molecule has 0 radical (unpaired) electrons. The number of hydrogen-bond donors (Lipinski definition) is 1. The van der Waals surface area contributed by atoms with Crippen molar-refractivity contribution in [2.75, 3.05) is 6.54 Å². The highest BCUT2D eigenvalue weighted by molar-refractivity contribution is 5.97. The predicted molar refractivity (Wildman–Crippen MR) is 72.4 cm³/mol. The quantitative estimate of drug-likeness (QED) is 0.371. The highest BCUT2D eigenvalue weighted by Crippen LogP contribution is 2.02. The van der Waals surface area contributed by atoms with Gasteiger partial charge in [0, 0.05) is 6.54 Å². The van der Waals surface area contributed by atoms with E-state index in [0.717, 1.165) is 5.56 Å². The van der Waals surface area contributed by atoms with E-state index in [4.69, 9.17) is 5.26 Å². The molecule has 0 unspecified atom stereocenters. The lowest BCUT2D eigenvalue weighted by molar-refractivity contribution is -0.116. The summed E-state index contributed by atoms with van der Waals surface area (Å²) in [7, 11) is 0. The van der Waals surface area contributed by atoms with Crippen molar-refractivity contribution in [3.63, 3.8) is 0 Å². The van der Waals surface area contributed by atoms with Crippen LogP contribution >= 0.6 is 0 Å². The number of carbonyl (C=O) groups is 1. The molecule has 0 saturated heterocycles. The third kappa shape index (κ3) is 4.50. The zero-order chi connectivity index (χ0) is 13.2. The molecule has 0 heterocycles. The van der Waals surface area contributed by atoms with E-state index in [0.29, 0.717) is 6.54 Å². The van der Waals surface area contributed by atoms with Crippen molar-refractivity contribution < 1.29 is 4.79 Å². The molecular formula is C15H14N2O. The smallest absolute Gasteiger partial charge is 0.262 e. The molecule has 3 nitrogen and oxygen atoms in total. The molecule has 0 aromatic heterocycles. The van der Waals surface area contributed by atoms with E-state index in [1.165, 1.54) is 6.08 Å². The van der Waals surface area contributed by atoms with Gasteiger partial charge in [0.15, 0.2) is 0 Å². The Morgan fingerprint density at radius 2 is 2.11 bits per heavy atom. The van der Waals surface area contributed by atoms with E-state index < -0.39 is 5.91 Å². The Morgan fingerprint density at radius 3 is 2.72 bits per heavy atom. The highest BCUT2D eigenvalue weighted by Gasteiger charge is 2.04. The zero-order valence-electron chi connectivity index (χ0n) is 9.97. The summed E-state index contributed by atoms with van der Waals surface area (Å²) >= 11 is 0. The zero-order valence-corrected chi connectivity index (χ0v) is 9.97. The van der Waals surface area contributed by atoms with Gasteiger partial charge in [0.25, 0.3) is 5.91 Å². The number of nitriles is 1. The molecule has 0 aliphatic heterocycles. The molecule has 90 valence electrons. The summed E-state index contributed by atoms with van der Waals surface area (Å²) in [6.45, 7) is 3.84. The van der Waals surface area contributed by atoms with Crippen molar-refractivity contribution in [2.24, 2.45) is 0 Å². The van der Waals surface area contributed by atoms with Crippen LogP contribution in [0.1, 0.15) is 5.56 Å². The molecular weight excluding hydrogens is 224 g/mol. The number of amides is 1. The molecule has 1 N–H and O–H groups in total. The molecule has 1 aromatic rings. The van der Waals surface area contributed by atoms with Crippen molar-refractivity contribution in [2.45, 2.75) is 0 Å². The topological polar surface area (TPSA) is 52.9 Å². The second-order valence-corrected chi connectivity index (χ2v) is 3.46. The lowest BCUT2D eigenvalue weighted by atomic mass is 10.2. The number of rotatable bonds is 5. The van der Waals surface area contributed by atoms with Crippen LogP contribution < -0.4 is 5.32 Å². The van der Waals surface area contributed by atoms with Gasteiger partial charge in [-0.25, -0.2) is 0 Å². The van der Waals surface area contributed by atoms with Crippen LogP contribution in [0.3, 0.4) is 0 Å². The van der Waals surface area contributed by atoms with E-state index in [9.17, 15) is 4.79 Å². The molecule has 0 saturated carbocycles. The van der Waals surface area contributed by atoms with Crippen molar-refractivity contribution in [1.29, 1.82) is 5.26 Å². The average Bonchev–Trinajstić information content (AvgIpc) is 2.42. The van der Waals surface area contributed by atoms with Crippen molar-refractivity contribution in [3.05, 3.63) is 66.3 Å². The van der Waals surface area contributed by atoms with Crippen LogP contribution in [0.25, 0.3) is 6.08 Å². The van der Waals surface area contributed by atoms with Gasteiger partial charge in [0.05, 0.1) is 0 Å². The first kappa shape index (κ1) is 13.5. The summed E-state index contributed by atoms with van der Waals surface area (Å²) < 4.78 is 0. The normalized spacial score (nSPS) is 10.9. The molecule has 0 atom stereocenters. The molecule has 0 fully saturated rings. The van der Waals surface area contributed by atoms with Gasteiger partial charge in [0.2, 0.25) is 0 Å². The summed E-state index contributed by atoms with van der Waals surface area (Å²) in [5.74, 6) is -0.393. The van der Waals surface area contributed by atoms with Crippen molar-refractivity contribution >= 4 is 12.0 Å². The number of nitrogens with zero attached hydrogens (tertiary/aromatic N) is 1. The van der Waals surface area contributed by atoms with Crippen LogP contribution in [-0.2, 0) is 4.79 Å². The second-order valence-electron chi connectivity index (χ2n) is 3.46. The first-order chi connectivity index (χ1) is 8.77. The summed E-state index contributed by atoms with van der Waals surface area (Å²) in [5.41, 5.74) is 1.08. The van der Waals surface area contributed by atoms with Crippen LogP contribution in [0.5, 0.6) is 0 Å².